The van der Waals surface area contributed by atoms with E-state index in [9.17, 15) is 10.1 Å². The molecule has 0 saturated heterocycles. The molecule has 1 aromatic carbocycles. The van der Waals surface area contributed by atoms with E-state index in [0.717, 1.165) is 10.4 Å². The molecule has 2 rings (SSSR count). The van der Waals surface area contributed by atoms with Gasteiger partial charge in [0.2, 0.25) is 0 Å². The Kier molecular flexibility index (Phi) is 4.94. The first-order valence-corrected chi connectivity index (χ1v) is 6.98. The summed E-state index contributed by atoms with van der Waals surface area (Å²) in [5.41, 5.74) is 0.106. The Bertz CT molecular complexity index is 395. The van der Waals surface area contributed by atoms with Gasteiger partial charge in [-0.3, -0.25) is 10.1 Å². The van der Waals surface area contributed by atoms with Crippen molar-refractivity contribution in [3.8, 4) is 0 Å². The fourth-order valence-corrected chi connectivity index (χ4v) is 2.30. The van der Waals surface area contributed by atoms with Crippen molar-refractivity contribution in [1.82, 2.24) is 0 Å². The lowest BCUT2D eigenvalue weighted by Crippen LogP contribution is -1.85. The highest BCUT2D eigenvalue weighted by molar-refractivity contribution is 9.25. The van der Waals surface area contributed by atoms with Gasteiger partial charge < -0.3 is 0 Å². The predicted molar refractivity (Wildman–Crippen MR) is 75.2 cm³/mol. The highest BCUT2D eigenvalue weighted by Gasteiger charge is 2.46. The van der Waals surface area contributed by atoms with Crippen LogP contribution in [0.15, 0.2) is 28.7 Å². The van der Waals surface area contributed by atoms with Crippen molar-refractivity contribution in [2.45, 2.75) is 16.6 Å². The molecular formula is C10H10Br3NO2. The van der Waals surface area contributed by atoms with Crippen molar-refractivity contribution in [2.75, 3.05) is 0 Å². The number of nitrogens with zero attached hydrogens (tertiary/aromatic N) is 1. The number of nitro benzene ring substituents is 1. The molecule has 0 bridgehead atoms. The van der Waals surface area contributed by atoms with Crippen molar-refractivity contribution >= 4 is 53.5 Å². The molecule has 1 atom stereocenters. The first-order valence-electron chi connectivity index (χ1n) is 4.60. The second-order valence-electron chi connectivity index (χ2n) is 3.60. The molecule has 0 heterocycles. The predicted octanol–water partition coefficient (Wildman–Crippen LogP) is 4.87. The maximum Gasteiger partial charge on any atom is 0.270 e. The van der Waals surface area contributed by atoms with Gasteiger partial charge in [0.05, 0.1) is 8.16 Å². The summed E-state index contributed by atoms with van der Waals surface area (Å²) >= 11 is 10.1. The molecule has 0 radical (unpaired) electrons. The first-order chi connectivity index (χ1) is 7.33. The molecule has 0 aromatic heterocycles. The molecule has 88 valence electrons. The number of alkyl halides is 2. The van der Waals surface area contributed by atoms with Gasteiger partial charge >= 0.3 is 0 Å². The third kappa shape index (κ3) is 4.51. The van der Waals surface area contributed by atoms with Gasteiger partial charge in [0.1, 0.15) is 0 Å². The van der Waals surface area contributed by atoms with Crippen LogP contribution in [-0.4, -0.2) is 8.16 Å². The van der Waals surface area contributed by atoms with E-state index in [4.69, 9.17) is 0 Å². The van der Waals surface area contributed by atoms with Gasteiger partial charge in [-0.15, -0.1) is 0 Å². The highest BCUT2D eigenvalue weighted by atomic mass is 79.9. The van der Waals surface area contributed by atoms with Crippen LogP contribution in [0, 0.1) is 16.0 Å². The standard InChI is InChI=1S/C6H4BrNO2.C4H6Br2/c7-5-2-1-3-6(4-5)8(9)10;1-3-2-4(3,5)6/h1-4H;3H,2H2,1H3/t;3-/m.1/s1. The maximum absolute atomic E-state index is 10.1. The molecule has 0 unspecified atom stereocenters. The minimum atomic E-state index is -0.426. The van der Waals surface area contributed by atoms with E-state index >= 15 is 0 Å². The molecular weight excluding hydrogens is 406 g/mol. The van der Waals surface area contributed by atoms with Crippen molar-refractivity contribution < 1.29 is 4.92 Å². The minimum absolute atomic E-state index is 0.106. The SMILES string of the molecule is C[C@@H]1CC1(Br)Br.O=[N+]([O-])c1cccc(Br)c1. The Hall–Kier alpha value is 0.0600. The van der Waals surface area contributed by atoms with E-state index in [2.05, 4.69) is 54.7 Å². The Labute approximate surface area is 119 Å². The summed E-state index contributed by atoms with van der Waals surface area (Å²) in [4.78, 5) is 9.71. The normalized spacial score (nSPS) is 20.6. The molecule has 1 aromatic rings. The van der Waals surface area contributed by atoms with Crippen LogP contribution in [0.2, 0.25) is 0 Å². The number of nitro groups is 1. The third-order valence-electron chi connectivity index (χ3n) is 2.16. The van der Waals surface area contributed by atoms with E-state index in [1.165, 1.54) is 18.6 Å². The number of hydrogen-bond donors (Lipinski definition) is 0. The average molecular weight is 416 g/mol. The van der Waals surface area contributed by atoms with Crippen LogP contribution in [0.1, 0.15) is 13.3 Å². The molecule has 16 heavy (non-hydrogen) atoms. The van der Waals surface area contributed by atoms with Crippen LogP contribution >= 0.6 is 47.8 Å². The number of non-ortho nitro benzene ring substituents is 1. The summed E-state index contributed by atoms with van der Waals surface area (Å²) in [6.45, 7) is 2.21. The lowest BCUT2D eigenvalue weighted by atomic mass is 10.3. The van der Waals surface area contributed by atoms with Crippen LogP contribution < -0.4 is 0 Å². The van der Waals surface area contributed by atoms with Gasteiger partial charge in [-0.25, -0.2) is 0 Å². The van der Waals surface area contributed by atoms with E-state index in [1.807, 2.05) is 0 Å². The molecule has 1 fully saturated rings. The Morgan fingerprint density at radius 3 is 2.25 bits per heavy atom. The van der Waals surface area contributed by atoms with Crippen molar-refractivity contribution in [3.63, 3.8) is 0 Å². The zero-order valence-electron chi connectivity index (χ0n) is 8.49. The molecule has 0 spiro atoms. The molecule has 1 aliphatic carbocycles. The first kappa shape index (κ1) is 14.1. The summed E-state index contributed by atoms with van der Waals surface area (Å²) in [6.07, 6.45) is 1.27. The zero-order valence-corrected chi connectivity index (χ0v) is 13.2. The summed E-state index contributed by atoms with van der Waals surface area (Å²) in [5, 5.41) is 10.1. The van der Waals surface area contributed by atoms with Crippen molar-refractivity contribution in [1.29, 1.82) is 0 Å². The Balaban J connectivity index is 0.000000181. The van der Waals surface area contributed by atoms with Gasteiger partial charge in [-0.1, -0.05) is 60.8 Å². The average Bonchev–Trinajstić information content (AvgIpc) is 2.72. The number of rotatable bonds is 1. The number of halogens is 3. The van der Waals surface area contributed by atoms with Crippen LogP contribution in [0.25, 0.3) is 0 Å². The summed E-state index contributed by atoms with van der Waals surface area (Å²) in [7, 11) is 0. The van der Waals surface area contributed by atoms with Gasteiger partial charge in [-0.2, -0.15) is 0 Å². The largest absolute Gasteiger partial charge is 0.270 e. The fourth-order valence-electron chi connectivity index (χ4n) is 0.939. The Morgan fingerprint density at radius 1 is 1.50 bits per heavy atom. The summed E-state index contributed by atoms with van der Waals surface area (Å²) < 4.78 is 1.06. The Morgan fingerprint density at radius 2 is 2.00 bits per heavy atom. The quantitative estimate of drug-likeness (QED) is 0.373. The van der Waals surface area contributed by atoms with E-state index in [1.54, 1.807) is 12.1 Å². The van der Waals surface area contributed by atoms with E-state index in [0.29, 0.717) is 3.23 Å². The lowest BCUT2D eigenvalue weighted by molar-refractivity contribution is -0.384. The number of benzene rings is 1. The minimum Gasteiger partial charge on any atom is -0.258 e. The molecule has 6 heteroatoms. The number of hydrogen-bond acceptors (Lipinski definition) is 2. The van der Waals surface area contributed by atoms with E-state index in [-0.39, 0.29) is 5.69 Å². The highest BCUT2D eigenvalue weighted by Crippen LogP contribution is 2.55. The molecule has 0 aliphatic heterocycles. The van der Waals surface area contributed by atoms with Crippen LogP contribution in [0.3, 0.4) is 0 Å². The van der Waals surface area contributed by atoms with Crippen LogP contribution in [-0.2, 0) is 0 Å². The molecule has 1 aliphatic rings. The van der Waals surface area contributed by atoms with Gasteiger partial charge in [0, 0.05) is 16.6 Å². The summed E-state index contributed by atoms with van der Waals surface area (Å²) in [6, 6.07) is 6.28. The smallest absolute Gasteiger partial charge is 0.258 e. The van der Waals surface area contributed by atoms with Crippen molar-refractivity contribution in [3.05, 3.63) is 38.9 Å². The second-order valence-corrected chi connectivity index (χ2v) is 8.41. The maximum atomic E-state index is 10.1. The van der Waals surface area contributed by atoms with Crippen LogP contribution in [0.4, 0.5) is 5.69 Å². The molecule has 0 N–H and O–H groups in total. The topological polar surface area (TPSA) is 43.1 Å². The van der Waals surface area contributed by atoms with Gasteiger partial charge in [0.25, 0.3) is 5.69 Å². The van der Waals surface area contributed by atoms with Gasteiger partial charge in [-0.05, 0) is 18.4 Å². The van der Waals surface area contributed by atoms with Crippen LogP contribution in [0.5, 0.6) is 0 Å². The van der Waals surface area contributed by atoms with Crippen molar-refractivity contribution in [2.24, 2.45) is 5.92 Å². The zero-order chi connectivity index (χ0) is 12.3. The lowest BCUT2D eigenvalue weighted by Gasteiger charge is -1.89. The second kappa shape index (κ2) is 5.60. The monoisotopic (exact) mass is 413 g/mol. The molecule has 0 amide bonds. The molecule has 3 nitrogen and oxygen atoms in total. The van der Waals surface area contributed by atoms with Gasteiger partial charge in [0.15, 0.2) is 0 Å². The van der Waals surface area contributed by atoms with E-state index < -0.39 is 4.92 Å². The fraction of sp³-hybridized carbons (Fsp3) is 0.400. The summed E-state index contributed by atoms with van der Waals surface area (Å²) in [5.74, 6) is 0.831. The third-order valence-corrected chi connectivity index (χ3v) is 4.86. The molecule has 1 saturated carbocycles.